The molecule has 0 saturated carbocycles. The first-order valence-electron chi connectivity index (χ1n) is 8.41. The number of nitriles is 1. The normalized spacial score (nSPS) is 19.2. The fourth-order valence-electron chi connectivity index (χ4n) is 2.83. The van der Waals surface area contributed by atoms with Crippen LogP contribution in [0.5, 0.6) is 5.75 Å². The second kappa shape index (κ2) is 7.88. The van der Waals surface area contributed by atoms with Crippen LogP contribution in [0.3, 0.4) is 0 Å². The van der Waals surface area contributed by atoms with Crippen LogP contribution in [0.1, 0.15) is 45.2 Å². The molecule has 5 nitrogen and oxygen atoms in total. The van der Waals surface area contributed by atoms with E-state index >= 15 is 0 Å². The van der Waals surface area contributed by atoms with Crippen LogP contribution >= 0.6 is 11.8 Å². The molecule has 26 heavy (non-hydrogen) atoms. The molecule has 0 aromatic heterocycles. The Kier molecular flexibility index (Phi) is 6.04. The third kappa shape index (κ3) is 4.23. The number of nitrogens with one attached hydrogen (secondary N) is 1. The standard InChI is InChI=1S/C20H24N2O3S/c1-12(2)9-20(22-14(5)18(26-20)19(23)24)16-6-7-17(15(8-16)10-21)25-11-13(3)4/h6-8,13,22H,1,9,11H2,2-5H3,(H,23,24). The van der Waals surface area contributed by atoms with Gasteiger partial charge >= 0.3 is 5.97 Å². The van der Waals surface area contributed by atoms with Gasteiger partial charge in [0.25, 0.3) is 0 Å². The number of rotatable bonds is 7. The van der Waals surface area contributed by atoms with Crippen molar-refractivity contribution in [3.05, 3.63) is 52.1 Å². The number of hydrogen-bond acceptors (Lipinski definition) is 5. The number of nitrogens with zero attached hydrogens (tertiary/aromatic N) is 1. The van der Waals surface area contributed by atoms with E-state index < -0.39 is 10.8 Å². The second-order valence-corrected chi connectivity index (χ2v) is 8.28. The van der Waals surface area contributed by atoms with Crippen LogP contribution in [0.15, 0.2) is 41.0 Å². The summed E-state index contributed by atoms with van der Waals surface area (Å²) in [4.78, 5) is 11.1. The van der Waals surface area contributed by atoms with E-state index in [0.29, 0.717) is 36.0 Å². The quantitative estimate of drug-likeness (QED) is 0.692. The smallest absolute Gasteiger partial charge is 0.344 e. The Morgan fingerprint density at radius 1 is 1.50 bits per heavy atom. The van der Waals surface area contributed by atoms with Gasteiger partial charge in [0.05, 0.1) is 12.2 Å². The lowest BCUT2D eigenvalue weighted by Gasteiger charge is -2.31. The predicted octanol–water partition coefficient (Wildman–Crippen LogP) is 4.36. The van der Waals surface area contributed by atoms with Crippen molar-refractivity contribution in [3.63, 3.8) is 0 Å². The van der Waals surface area contributed by atoms with E-state index in [9.17, 15) is 15.2 Å². The van der Waals surface area contributed by atoms with Crippen LogP contribution in [0.4, 0.5) is 0 Å². The molecule has 2 rings (SSSR count). The van der Waals surface area contributed by atoms with E-state index in [4.69, 9.17) is 4.74 Å². The number of thioether (sulfide) groups is 1. The maximum Gasteiger partial charge on any atom is 0.344 e. The Morgan fingerprint density at radius 3 is 2.69 bits per heavy atom. The molecule has 1 unspecified atom stereocenters. The zero-order valence-electron chi connectivity index (χ0n) is 15.5. The molecule has 1 aliphatic rings. The molecule has 1 heterocycles. The van der Waals surface area contributed by atoms with Gasteiger partial charge in [-0.15, -0.1) is 6.58 Å². The van der Waals surface area contributed by atoms with Gasteiger partial charge in [-0.3, -0.25) is 0 Å². The fraction of sp³-hybridized carbons (Fsp3) is 0.400. The molecule has 138 valence electrons. The number of benzene rings is 1. The predicted molar refractivity (Wildman–Crippen MR) is 104 cm³/mol. The van der Waals surface area contributed by atoms with Gasteiger partial charge in [0.2, 0.25) is 0 Å². The van der Waals surface area contributed by atoms with Gasteiger partial charge in [-0.05, 0) is 37.5 Å². The van der Waals surface area contributed by atoms with Crippen LogP contribution in [0, 0.1) is 17.2 Å². The third-order valence-electron chi connectivity index (χ3n) is 3.89. The van der Waals surface area contributed by atoms with Gasteiger partial charge in [0, 0.05) is 12.1 Å². The fourth-order valence-corrected chi connectivity index (χ4v) is 4.24. The number of carboxylic acid groups (broad SMARTS) is 1. The molecule has 2 N–H and O–H groups in total. The molecule has 0 fully saturated rings. The van der Waals surface area contributed by atoms with Crippen molar-refractivity contribution in [1.82, 2.24) is 5.32 Å². The van der Waals surface area contributed by atoms with E-state index in [-0.39, 0.29) is 4.91 Å². The summed E-state index contributed by atoms with van der Waals surface area (Å²) >= 11 is 1.26. The number of carbonyl (C=O) groups is 1. The average molecular weight is 372 g/mol. The van der Waals surface area contributed by atoms with Crippen LogP contribution in [-0.2, 0) is 9.67 Å². The SMILES string of the molecule is C=C(C)CC1(c2ccc(OCC(C)C)c(C#N)c2)NC(C)=C(C(=O)O)S1. The lowest BCUT2D eigenvalue weighted by atomic mass is 9.97. The van der Waals surface area contributed by atoms with Gasteiger partial charge in [-0.25, -0.2) is 4.79 Å². The summed E-state index contributed by atoms with van der Waals surface area (Å²) in [7, 11) is 0. The van der Waals surface area contributed by atoms with Gasteiger partial charge in [0.1, 0.15) is 21.6 Å². The van der Waals surface area contributed by atoms with Crippen molar-refractivity contribution in [2.75, 3.05) is 6.61 Å². The Bertz CT molecular complexity index is 808. The van der Waals surface area contributed by atoms with Crippen LogP contribution < -0.4 is 10.1 Å². The first-order chi connectivity index (χ1) is 12.2. The summed E-state index contributed by atoms with van der Waals surface area (Å²) < 4.78 is 5.73. The molecule has 0 aliphatic carbocycles. The Labute approximate surface area is 158 Å². The summed E-state index contributed by atoms with van der Waals surface area (Å²) in [6.45, 7) is 12.3. The van der Waals surface area contributed by atoms with Crippen molar-refractivity contribution in [2.24, 2.45) is 5.92 Å². The van der Waals surface area contributed by atoms with Crippen LogP contribution in [0.25, 0.3) is 0 Å². The zero-order chi connectivity index (χ0) is 19.5. The highest BCUT2D eigenvalue weighted by molar-refractivity contribution is 8.05. The number of hydrogen-bond donors (Lipinski definition) is 2. The van der Waals surface area contributed by atoms with Crippen molar-refractivity contribution < 1.29 is 14.6 Å². The van der Waals surface area contributed by atoms with Gasteiger partial charge in [-0.2, -0.15) is 5.26 Å². The molecule has 1 aromatic rings. The van der Waals surface area contributed by atoms with Gasteiger partial charge in [0.15, 0.2) is 0 Å². The summed E-state index contributed by atoms with van der Waals surface area (Å²) in [5, 5.41) is 22.3. The van der Waals surface area contributed by atoms with Gasteiger partial charge in [-0.1, -0.05) is 37.2 Å². The maximum absolute atomic E-state index is 11.5. The largest absolute Gasteiger partial charge is 0.492 e. The highest BCUT2D eigenvalue weighted by atomic mass is 32.2. The molecular formula is C20H24N2O3S. The number of ether oxygens (including phenoxy) is 1. The summed E-state index contributed by atoms with van der Waals surface area (Å²) in [6, 6.07) is 7.63. The molecule has 0 amide bonds. The molecule has 0 radical (unpaired) electrons. The molecule has 1 atom stereocenters. The van der Waals surface area contributed by atoms with E-state index in [1.807, 2.05) is 26.8 Å². The number of carboxylic acids is 1. The average Bonchev–Trinajstić information content (AvgIpc) is 2.89. The van der Waals surface area contributed by atoms with E-state index in [1.54, 1.807) is 19.1 Å². The summed E-state index contributed by atoms with van der Waals surface area (Å²) in [5.74, 6) is -0.0597. The van der Waals surface area contributed by atoms with E-state index in [0.717, 1.165) is 11.1 Å². The molecule has 1 aliphatic heterocycles. The number of allylic oxidation sites excluding steroid dienone is 1. The zero-order valence-corrected chi connectivity index (χ0v) is 16.4. The first kappa shape index (κ1) is 19.9. The highest BCUT2D eigenvalue weighted by Gasteiger charge is 2.42. The summed E-state index contributed by atoms with van der Waals surface area (Å²) in [5.41, 5.74) is 2.80. The summed E-state index contributed by atoms with van der Waals surface area (Å²) in [6.07, 6.45) is 0.544. The lowest BCUT2D eigenvalue weighted by molar-refractivity contribution is -0.131. The maximum atomic E-state index is 11.5. The minimum Gasteiger partial charge on any atom is -0.492 e. The molecule has 6 heteroatoms. The van der Waals surface area contributed by atoms with Crippen molar-refractivity contribution >= 4 is 17.7 Å². The minimum atomic E-state index is -0.957. The lowest BCUT2D eigenvalue weighted by Crippen LogP contribution is -2.34. The molecule has 0 spiro atoms. The second-order valence-electron chi connectivity index (χ2n) is 6.97. The molecule has 0 saturated heterocycles. The molecule has 1 aromatic carbocycles. The Morgan fingerprint density at radius 2 is 2.19 bits per heavy atom. The minimum absolute atomic E-state index is 0.282. The topological polar surface area (TPSA) is 82.3 Å². The number of aliphatic carboxylic acids is 1. The van der Waals surface area contributed by atoms with E-state index in [1.165, 1.54) is 11.8 Å². The highest BCUT2D eigenvalue weighted by Crippen LogP contribution is 2.49. The van der Waals surface area contributed by atoms with Crippen molar-refractivity contribution in [3.8, 4) is 11.8 Å². The monoisotopic (exact) mass is 372 g/mol. The first-order valence-corrected chi connectivity index (χ1v) is 9.23. The van der Waals surface area contributed by atoms with Crippen LogP contribution in [0.2, 0.25) is 0 Å². The van der Waals surface area contributed by atoms with Crippen LogP contribution in [-0.4, -0.2) is 17.7 Å². The third-order valence-corrected chi connectivity index (χ3v) is 5.41. The van der Waals surface area contributed by atoms with Gasteiger partial charge < -0.3 is 15.2 Å². The van der Waals surface area contributed by atoms with Crippen molar-refractivity contribution in [2.45, 2.75) is 39.0 Å². The Balaban J connectivity index is 2.43. The molecule has 0 bridgehead atoms. The molecular weight excluding hydrogens is 348 g/mol. The Hall–Kier alpha value is -2.39. The van der Waals surface area contributed by atoms with Crippen molar-refractivity contribution in [1.29, 1.82) is 5.26 Å². The van der Waals surface area contributed by atoms with E-state index in [2.05, 4.69) is 18.0 Å².